The number of rotatable bonds is 6. The number of halogens is 1. The van der Waals surface area contributed by atoms with E-state index in [4.69, 9.17) is 5.11 Å². The molecule has 0 heterocycles. The zero-order chi connectivity index (χ0) is 15.3. The van der Waals surface area contributed by atoms with Crippen molar-refractivity contribution in [2.75, 3.05) is 12.9 Å². The van der Waals surface area contributed by atoms with Crippen LogP contribution in [0.25, 0.3) is 0 Å². The van der Waals surface area contributed by atoms with Crippen LogP contribution in [-0.2, 0) is 0 Å². The number of nitrogens with zero attached hydrogens (tertiary/aromatic N) is 1. The van der Waals surface area contributed by atoms with Gasteiger partial charge in [0, 0.05) is 23.4 Å². The van der Waals surface area contributed by atoms with E-state index >= 15 is 0 Å². The number of nitro groups is 1. The van der Waals surface area contributed by atoms with Gasteiger partial charge in [0.1, 0.15) is 5.82 Å². The van der Waals surface area contributed by atoms with Crippen molar-refractivity contribution >= 4 is 23.4 Å². The zero-order valence-electron chi connectivity index (χ0n) is 11.0. The lowest BCUT2D eigenvalue weighted by Gasteiger charge is -2.21. The third kappa shape index (κ3) is 3.91. The van der Waals surface area contributed by atoms with Crippen molar-refractivity contribution in [1.82, 2.24) is 5.32 Å². The highest BCUT2D eigenvalue weighted by molar-refractivity contribution is 7.99. The molecule has 6 nitrogen and oxygen atoms in total. The molecule has 20 heavy (non-hydrogen) atoms. The number of aliphatic hydroxyl groups is 1. The minimum absolute atomic E-state index is 0.139. The number of benzene rings is 1. The van der Waals surface area contributed by atoms with Crippen LogP contribution in [0, 0.1) is 15.9 Å². The molecule has 110 valence electrons. The highest BCUT2D eigenvalue weighted by Gasteiger charge is 2.21. The van der Waals surface area contributed by atoms with E-state index in [1.807, 2.05) is 0 Å². The molecule has 2 atom stereocenters. The van der Waals surface area contributed by atoms with Gasteiger partial charge in [-0.25, -0.2) is 4.39 Å². The zero-order valence-corrected chi connectivity index (χ0v) is 11.8. The number of hydrogen-bond donors (Lipinski definition) is 2. The Bertz CT molecular complexity index is 508. The van der Waals surface area contributed by atoms with Gasteiger partial charge in [0.2, 0.25) is 0 Å². The highest BCUT2D eigenvalue weighted by atomic mass is 32.2. The molecule has 0 bridgehead atoms. The summed E-state index contributed by atoms with van der Waals surface area (Å²) in [6, 6.07) is 2.37. The molecule has 0 aliphatic rings. The van der Waals surface area contributed by atoms with Gasteiger partial charge in [-0.3, -0.25) is 14.9 Å². The van der Waals surface area contributed by atoms with Crippen molar-refractivity contribution in [1.29, 1.82) is 0 Å². The van der Waals surface area contributed by atoms with E-state index < -0.39 is 22.7 Å². The number of aliphatic hydroxyl groups excluding tert-OH is 1. The monoisotopic (exact) mass is 302 g/mol. The Hall–Kier alpha value is -1.67. The van der Waals surface area contributed by atoms with Crippen molar-refractivity contribution < 1.29 is 19.2 Å². The normalized spacial score (nSPS) is 13.6. The summed E-state index contributed by atoms with van der Waals surface area (Å²) in [5, 5.41) is 22.0. The Labute approximate surface area is 119 Å². The van der Waals surface area contributed by atoms with Gasteiger partial charge in [-0.15, -0.1) is 0 Å². The van der Waals surface area contributed by atoms with Gasteiger partial charge >= 0.3 is 0 Å². The second kappa shape index (κ2) is 7.20. The van der Waals surface area contributed by atoms with E-state index in [-0.39, 0.29) is 23.1 Å². The Morgan fingerprint density at radius 1 is 1.60 bits per heavy atom. The lowest BCUT2D eigenvalue weighted by molar-refractivity contribution is -0.384. The van der Waals surface area contributed by atoms with Gasteiger partial charge in [0.15, 0.2) is 0 Å². The topological polar surface area (TPSA) is 92.5 Å². The largest absolute Gasteiger partial charge is 0.395 e. The number of carbonyl (C=O) groups is 1. The van der Waals surface area contributed by atoms with Crippen LogP contribution in [0.1, 0.15) is 17.3 Å². The molecule has 0 aromatic heterocycles. The maximum absolute atomic E-state index is 13.6. The Morgan fingerprint density at radius 2 is 2.25 bits per heavy atom. The van der Waals surface area contributed by atoms with Crippen LogP contribution in [0.2, 0.25) is 0 Å². The molecule has 0 saturated heterocycles. The second-order valence-electron chi connectivity index (χ2n) is 4.14. The predicted octanol–water partition coefficient (Wildman–Crippen LogP) is 1.58. The van der Waals surface area contributed by atoms with Crippen LogP contribution in [-0.4, -0.2) is 40.1 Å². The maximum atomic E-state index is 13.6. The van der Waals surface area contributed by atoms with Gasteiger partial charge < -0.3 is 10.4 Å². The first-order chi connectivity index (χ1) is 9.40. The molecule has 1 amide bonds. The van der Waals surface area contributed by atoms with E-state index in [0.717, 1.165) is 18.2 Å². The summed E-state index contributed by atoms with van der Waals surface area (Å²) in [5.41, 5.74) is -0.739. The molecule has 0 aliphatic heterocycles. The summed E-state index contributed by atoms with van der Waals surface area (Å²) < 4.78 is 13.6. The fourth-order valence-electron chi connectivity index (χ4n) is 1.62. The highest BCUT2D eigenvalue weighted by Crippen LogP contribution is 2.18. The summed E-state index contributed by atoms with van der Waals surface area (Å²) >= 11 is 1.36. The lowest BCUT2D eigenvalue weighted by atomic mass is 10.1. The van der Waals surface area contributed by atoms with Crippen LogP contribution in [0.5, 0.6) is 0 Å². The fraction of sp³-hybridized carbons (Fsp3) is 0.417. The summed E-state index contributed by atoms with van der Waals surface area (Å²) in [5.74, 6) is -1.57. The number of hydrogen-bond acceptors (Lipinski definition) is 5. The molecule has 0 saturated carbocycles. The van der Waals surface area contributed by atoms with Crippen LogP contribution in [0.3, 0.4) is 0 Å². The van der Waals surface area contributed by atoms with Gasteiger partial charge in [-0.2, -0.15) is 11.8 Å². The summed E-state index contributed by atoms with van der Waals surface area (Å²) in [7, 11) is 0. The fourth-order valence-corrected chi connectivity index (χ4v) is 2.24. The van der Waals surface area contributed by atoms with Crippen molar-refractivity contribution in [3.63, 3.8) is 0 Å². The van der Waals surface area contributed by atoms with Crippen LogP contribution in [0.4, 0.5) is 10.1 Å². The number of nitrogens with one attached hydrogen (secondary N) is 1. The quantitative estimate of drug-likeness (QED) is 0.615. The second-order valence-corrected chi connectivity index (χ2v) is 5.22. The number of carbonyl (C=O) groups excluding carboxylic acids is 1. The molecule has 8 heteroatoms. The summed E-state index contributed by atoms with van der Waals surface area (Å²) in [6.07, 6.45) is 1.78. The van der Waals surface area contributed by atoms with Crippen molar-refractivity contribution in [3.8, 4) is 0 Å². The molecular weight excluding hydrogens is 287 g/mol. The SMILES string of the molecule is CSC(CO)C(C)NC(=O)c1cc([N+](=O)[O-])ccc1F. The van der Waals surface area contributed by atoms with Crippen LogP contribution < -0.4 is 5.32 Å². The number of non-ortho nitro benzene ring substituents is 1. The minimum Gasteiger partial charge on any atom is -0.395 e. The summed E-state index contributed by atoms with van der Waals surface area (Å²) in [6.45, 7) is 1.53. The molecule has 2 unspecified atom stereocenters. The third-order valence-electron chi connectivity index (χ3n) is 2.80. The predicted molar refractivity (Wildman–Crippen MR) is 74.4 cm³/mol. The van der Waals surface area contributed by atoms with Gasteiger partial charge in [-0.1, -0.05) is 0 Å². The molecular formula is C12H15FN2O4S. The van der Waals surface area contributed by atoms with Crippen molar-refractivity contribution in [2.24, 2.45) is 0 Å². The van der Waals surface area contributed by atoms with Crippen LogP contribution in [0.15, 0.2) is 18.2 Å². The molecule has 1 aromatic carbocycles. The maximum Gasteiger partial charge on any atom is 0.270 e. The molecule has 1 rings (SSSR count). The molecule has 0 radical (unpaired) electrons. The Kier molecular flexibility index (Phi) is 5.90. The Balaban J connectivity index is 2.92. The smallest absolute Gasteiger partial charge is 0.270 e. The van der Waals surface area contributed by atoms with Gasteiger partial charge in [0.25, 0.3) is 11.6 Å². The van der Waals surface area contributed by atoms with E-state index in [0.29, 0.717) is 0 Å². The van der Waals surface area contributed by atoms with E-state index in [1.165, 1.54) is 11.8 Å². The molecule has 0 fully saturated rings. The van der Waals surface area contributed by atoms with Gasteiger partial charge in [-0.05, 0) is 19.2 Å². The van der Waals surface area contributed by atoms with E-state index in [9.17, 15) is 19.3 Å². The minimum atomic E-state index is -0.829. The first-order valence-electron chi connectivity index (χ1n) is 5.79. The number of nitro benzene ring substituents is 1. The lowest BCUT2D eigenvalue weighted by Crippen LogP contribution is -2.41. The first-order valence-corrected chi connectivity index (χ1v) is 7.08. The third-order valence-corrected chi connectivity index (χ3v) is 3.97. The van der Waals surface area contributed by atoms with Gasteiger partial charge in [0.05, 0.1) is 17.1 Å². The van der Waals surface area contributed by atoms with E-state index in [1.54, 1.807) is 13.2 Å². The molecule has 0 spiro atoms. The average molecular weight is 302 g/mol. The summed E-state index contributed by atoms with van der Waals surface area (Å²) in [4.78, 5) is 21.9. The molecule has 1 aromatic rings. The standard InChI is InChI=1S/C12H15FN2O4S/c1-7(11(6-16)20-2)14-12(17)9-5-8(15(18)19)3-4-10(9)13/h3-5,7,11,16H,6H2,1-2H3,(H,14,17). The average Bonchev–Trinajstić information content (AvgIpc) is 2.40. The number of amides is 1. The van der Waals surface area contributed by atoms with E-state index in [2.05, 4.69) is 5.32 Å². The number of thioether (sulfide) groups is 1. The van der Waals surface area contributed by atoms with Crippen LogP contribution >= 0.6 is 11.8 Å². The Morgan fingerprint density at radius 3 is 2.75 bits per heavy atom. The molecule has 2 N–H and O–H groups in total. The molecule has 0 aliphatic carbocycles. The first kappa shape index (κ1) is 16.4. The van der Waals surface area contributed by atoms with Crippen molar-refractivity contribution in [3.05, 3.63) is 39.7 Å². The van der Waals surface area contributed by atoms with Crippen molar-refractivity contribution in [2.45, 2.75) is 18.2 Å².